The number of piperidine rings is 1. The Morgan fingerprint density at radius 1 is 0.971 bits per heavy atom. The molecule has 1 fully saturated rings. The number of hydrogen-bond donors (Lipinski definition) is 0. The highest BCUT2D eigenvalue weighted by molar-refractivity contribution is 7.95. The van der Waals surface area contributed by atoms with Crippen LogP contribution in [-0.4, -0.2) is 77.3 Å². The van der Waals surface area contributed by atoms with Gasteiger partial charge in [0.1, 0.15) is 5.25 Å². The molecule has 2 aliphatic heterocycles. The van der Waals surface area contributed by atoms with E-state index >= 15 is 0 Å². The Hall–Kier alpha value is -2.23. The Kier molecular flexibility index (Phi) is 9.49. The van der Waals surface area contributed by atoms with Crippen LogP contribution in [0, 0.1) is 0 Å². The molecular weight excluding hydrogens is 484 g/mol. The highest BCUT2D eigenvalue weighted by atomic mass is 32.2. The summed E-state index contributed by atoms with van der Waals surface area (Å²) in [7, 11) is -7.39. The van der Waals surface area contributed by atoms with Gasteiger partial charge in [-0.1, -0.05) is 55.8 Å². The maximum absolute atomic E-state index is 13.4. The summed E-state index contributed by atoms with van der Waals surface area (Å²) in [6, 6.07) is 16.5. The van der Waals surface area contributed by atoms with Gasteiger partial charge in [0, 0.05) is 37.0 Å². The first kappa shape index (κ1) is 27.4. The highest BCUT2D eigenvalue weighted by Crippen LogP contribution is 2.40. The number of rotatable bonds is 7. The Morgan fingerprint density at radius 3 is 2.11 bits per heavy atom. The molecule has 1 atom stereocenters. The summed E-state index contributed by atoms with van der Waals surface area (Å²) in [4.78, 5) is 17.4. The van der Waals surface area contributed by atoms with E-state index in [9.17, 15) is 21.6 Å². The first-order valence-corrected chi connectivity index (χ1v) is 15.8. The molecule has 1 unspecified atom stereocenters. The third-order valence-electron chi connectivity index (χ3n) is 6.42. The molecular formula is C26H36N2O5S2. The van der Waals surface area contributed by atoms with Crippen molar-refractivity contribution in [2.24, 2.45) is 0 Å². The van der Waals surface area contributed by atoms with Crippen LogP contribution in [0.4, 0.5) is 0 Å². The SMILES string of the molecule is CCCN(CCN1CCCCC1)C(=O)c1cccc2c1C(S(C)(=O)=O)CS2(=O)=O.c1ccccc1. The van der Waals surface area contributed by atoms with Gasteiger partial charge in [0.05, 0.1) is 10.6 Å². The summed E-state index contributed by atoms with van der Waals surface area (Å²) in [6.07, 6.45) is 5.38. The molecule has 192 valence electrons. The van der Waals surface area contributed by atoms with E-state index in [1.807, 2.05) is 43.3 Å². The van der Waals surface area contributed by atoms with Gasteiger partial charge < -0.3 is 9.80 Å². The van der Waals surface area contributed by atoms with E-state index in [2.05, 4.69) is 4.90 Å². The fourth-order valence-corrected chi connectivity index (χ4v) is 8.53. The zero-order valence-electron chi connectivity index (χ0n) is 20.6. The summed E-state index contributed by atoms with van der Waals surface area (Å²) in [6.45, 7) is 5.92. The second-order valence-electron chi connectivity index (χ2n) is 9.17. The Bertz CT molecular complexity index is 1160. The molecule has 0 spiro atoms. The normalized spacial score (nSPS) is 19.3. The van der Waals surface area contributed by atoms with E-state index in [1.54, 1.807) is 11.0 Å². The molecule has 1 amide bonds. The fourth-order valence-electron chi connectivity index (χ4n) is 4.63. The van der Waals surface area contributed by atoms with Gasteiger partial charge in [-0.3, -0.25) is 4.79 Å². The summed E-state index contributed by atoms with van der Waals surface area (Å²) < 4.78 is 49.6. The van der Waals surface area contributed by atoms with Crippen molar-refractivity contribution in [1.82, 2.24) is 9.80 Å². The second kappa shape index (κ2) is 12.1. The van der Waals surface area contributed by atoms with E-state index in [-0.39, 0.29) is 21.9 Å². The van der Waals surface area contributed by atoms with E-state index in [1.165, 1.54) is 31.4 Å². The monoisotopic (exact) mass is 520 g/mol. The number of hydrogen-bond acceptors (Lipinski definition) is 6. The van der Waals surface area contributed by atoms with Gasteiger partial charge in [-0.05, 0) is 44.5 Å². The summed E-state index contributed by atoms with van der Waals surface area (Å²) >= 11 is 0. The molecule has 0 saturated carbocycles. The van der Waals surface area contributed by atoms with Crippen molar-refractivity contribution < 1.29 is 21.6 Å². The molecule has 0 aromatic heterocycles. The summed E-state index contributed by atoms with van der Waals surface area (Å²) in [5, 5.41) is -1.19. The maximum Gasteiger partial charge on any atom is 0.254 e. The minimum Gasteiger partial charge on any atom is -0.337 e. The second-order valence-corrected chi connectivity index (χ2v) is 13.4. The first-order valence-electron chi connectivity index (χ1n) is 12.2. The molecule has 0 bridgehead atoms. The average Bonchev–Trinajstić information content (AvgIpc) is 3.15. The van der Waals surface area contributed by atoms with E-state index < -0.39 is 30.7 Å². The minimum absolute atomic E-state index is 0.0220. The number of nitrogens with zero attached hydrogens (tertiary/aromatic N) is 2. The fraction of sp³-hybridized carbons (Fsp3) is 0.500. The van der Waals surface area contributed by atoms with Crippen LogP contribution in [0.1, 0.15) is 53.8 Å². The number of fused-ring (bicyclic) bond motifs is 1. The Labute approximate surface area is 210 Å². The molecule has 2 aromatic carbocycles. The third-order valence-corrected chi connectivity index (χ3v) is 9.87. The van der Waals surface area contributed by atoms with Gasteiger partial charge in [0.15, 0.2) is 19.7 Å². The van der Waals surface area contributed by atoms with Crippen molar-refractivity contribution in [1.29, 1.82) is 0 Å². The van der Waals surface area contributed by atoms with E-state index in [0.29, 0.717) is 13.1 Å². The smallest absolute Gasteiger partial charge is 0.254 e. The van der Waals surface area contributed by atoms with E-state index in [0.717, 1.165) is 32.3 Å². The number of likely N-dealkylation sites (tertiary alicyclic amines) is 1. The number of carbonyl (C=O) groups excluding carboxylic acids is 1. The van der Waals surface area contributed by atoms with Crippen LogP contribution < -0.4 is 0 Å². The van der Waals surface area contributed by atoms with Crippen molar-refractivity contribution in [2.45, 2.75) is 42.8 Å². The maximum atomic E-state index is 13.4. The zero-order chi connectivity index (χ0) is 25.5. The lowest BCUT2D eigenvalue weighted by Gasteiger charge is -2.30. The minimum atomic E-state index is -3.72. The standard InChI is InChI=1S/C20H30N2O5S2.C6H6/c1-3-10-22(14-13-21-11-5-4-6-12-21)20(23)16-8-7-9-17-19(16)18(28(2,24)25)15-29(17,26)27;1-2-4-6-5-3-1/h7-9,18H,3-6,10-15H2,1-2H3;1-6H. The number of sulfone groups is 2. The van der Waals surface area contributed by atoms with Crippen LogP contribution in [0.2, 0.25) is 0 Å². The summed E-state index contributed by atoms with van der Waals surface area (Å²) in [5.74, 6) is -0.779. The topological polar surface area (TPSA) is 91.8 Å². The first-order chi connectivity index (χ1) is 16.6. The van der Waals surface area contributed by atoms with Crippen LogP contribution in [0.25, 0.3) is 0 Å². The van der Waals surface area contributed by atoms with E-state index in [4.69, 9.17) is 0 Å². The molecule has 0 aliphatic carbocycles. The molecule has 0 radical (unpaired) electrons. The quantitative estimate of drug-likeness (QED) is 0.554. The molecule has 2 aliphatic rings. The molecule has 1 saturated heterocycles. The summed E-state index contributed by atoms with van der Waals surface area (Å²) in [5.41, 5.74) is 0.352. The lowest BCUT2D eigenvalue weighted by Crippen LogP contribution is -2.41. The van der Waals surface area contributed by atoms with Crippen LogP contribution >= 0.6 is 0 Å². The molecule has 35 heavy (non-hydrogen) atoms. The third kappa shape index (κ3) is 7.15. The van der Waals surface area contributed by atoms with Crippen LogP contribution in [0.5, 0.6) is 0 Å². The highest BCUT2D eigenvalue weighted by Gasteiger charge is 2.43. The Balaban J connectivity index is 0.000000497. The van der Waals surface area contributed by atoms with Crippen LogP contribution in [0.15, 0.2) is 59.5 Å². The van der Waals surface area contributed by atoms with Gasteiger partial charge >= 0.3 is 0 Å². The van der Waals surface area contributed by atoms with Gasteiger partial charge in [-0.2, -0.15) is 0 Å². The lowest BCUT2D eigenvalue weighted by atomic mass is 10.0. The number of carbonyl (C=O) groups is 1. The number of amides is 1. The van der Waals surface area contributed by atoms with Crippen LogP contribution in [-0.2, 0) is 19.7 Å². The Morgan fingerprint density at radius 2 is 1.57 bits per heavy atom. The lowest BCUT2D eigenvalue weighted by molar-refractivity contribution is 0.0728. The molecule has 9 heteroatoms. The van der Waals surface area contributed by atoms with Gasteiger partial charge in [0.2, 0.25) is 0 Å². The predicted octanol–water partition coefficient (Wildman–Crippen LogP) is 3.58. The molecule has 4 rings (SSSR count). The van der Waals surface area contributed by atoms with Gasteiger partial charge in [0.25, 0.3) is 5.91 Å². The van der Waals surface area contributed by atoms with Crippen LogP contribution in [0.3, 0.4) is 0 Å². The molecule has 7 nitrogen and oxygen atoms in total. The van der Waals surface area contributed by atoms with Gasteiger partial charge in [-0.15, -0.1) is 0 Å². The molecule has 0 N–H and O–H groups in total. The zero-order valence-corrected chi connectivity index (χ0v) is 22.2. The van der Waals surface area contributed by atoms with Crippen molar-refractivity contribution in [3.05, 3.63) is 65.7 Å². The molecule has 2 heterocycles. The molecule has 2 aromatic rings. The van der Waals surface area contributed by atoms with Crippen molar-refractivity contribution >= 4 is 25.6 Å². The predicted molar refractivity (Wildman–Crippen MR) is 139 cm³/mol. The van der Waals surface area contributed by atoms with Crippen molar-refractivity contribution in [3.8, 4) is 0 Å². The largest absolute Gasteiger partial charge is 0.337 e. The van der Waals surface area contributed by atoms with Crippen molar-refractivity contribution in [3.63, 3.8) is 0 Å². The van der Waals surface area contributed by atoms with Crippen molar-refractivity contribution in [2.75, 3.05) is 44.7 Å². The average molecular weight is 521 g/mol. The van der Waals surface area contributed by atoms with Gasteiger partial charge in [-0.25, -0.2) is 16.8 Å². The number of benzene rings is 2.